The van der Waals surface area contributed by atoms with Crippen LogP contribution in [0, 0.1) is 5.82 Å². The average Bonchev–Trinajstić information content (AvgIpc) is 2.85. The van der Waals surface area contributed by atoms with Crippen LogP contribution in [-0.4, -0.2) is 21.5 Å². The van der Waals surface area contributed by atoms with Crippen LogP contribution in [0.4, 0.5) is 17.6 Å². The molecule has 0 saturated heterocycles. The highest BCUT2D eigenvalue weighted by Gasteiger charge is 2.31. The van der Waals surface area contributed by atoms with Gasteiger partial charge in [-0.2, -0.15) is 13.2 Å². The molecule has 0 fully saturated rings. The number of imidazole rings is 1. The largest absolute Gasteiger partial charge is 0.406 e. The van der Waals surface area contributed by atoms with Crippen molar-refractivity contribution >= 4 is 60.3 Å². The Kier molecular flexibility index (Phi) is 5.26. The molecule has 0 radical (unpaired) electrons. The zero-order valence-electron chi connectivity index (χ0n) is 12.9. The van der Waals surface area contributed by atoms with Crippen molar-refractivity contribution in [3.63, 3.8) is 0 Å². The zero-order valence-corrected chi connectivity index (χ0v) is 16.9. The summed E-state index contributed by atoms with van der Waals surface area (Å²) in [7, 11) is 0. The SMILES string of the molecule is O=C(c1cc(F)ccc1Cl)c1c(Br)cc2c([nH]c(=O)n2CC(F)(F)F)c1Br. The van der Waals surface area contributed by atoms with E-state index in [0.29, 0.717) is 4.57 Å². The lowest BCUT2D eigenvalue weighted by atomic mass is 10.0. The molecular weight excluding hydrogens is 523 g/mol. The van der Waals surface area contributed by atoms with Crippen molar-refractivity contribution in [2.75, 3.05) is 0 Å². The highest BCUT2D eigenvalue weighted by Crippen LogP contribution is 2.35. The van der Waals surface area contributed by atoms with Gasteiger partial charge in [-0.25, -0.2) is 9.18 Å². The van der Waals surface area contributed by atoms with Crippen LogP contribution in [0.1, 0.15) is 15.9 Å². The fourth-order valence-corrected chi connectivity index (χ4v) is 4.33. The van der Waals surface area contributed by atoms with Crippen LogP contribution in [0.25, 0.3) is 11.0 Å². The molecule has 0 saturated carbocycles. The molecule has 27 heavy (non-hydrogen) atoms. The molecule has 2 aromatic carbocycles. The molecule has 0 bridgehead atoms. The fraction of sp³-hybridized carbons (Fsp3) is 0.125. The molecule has 1 heterocycles. The van der Waals surface area contributed by atoms with Crippen LogP contribution in [0.5, 0.6) is 0 Å². The van der Waals surface area contributed by atoms with Crippen LogP contribution in [0.3, 0.4) is 0 Å². The monoisotopic (exact) mass is 528 g/mol. The highest BCUT2D eigenvalue weighted by molar-refractivity contribution is 9.11. The summed E-state index contributed by atoms with van der Waals surface area (Å²) in [6.45, 7) is -1.49. The smallest absolute Gasteiger partial charge is 0.305 e. The first-order chi connectivity index (χ1) is 12.5. The number of carbonyl (C=O) groups excluding carboxylic acids is 1. The summed E-state index contributed by atoms with van der Waals surface area (Å²) >= 11 is 12.2. The molecule has 0 aliphatic carbocycles. The summed E-state index contributed by atoms with van der Waals surface area (Å²) in [6.07, 6.45) is -4.61. The molecule has 1 aromatic heterocycles. The van der Waals surface area contributed by atoms with Gasteiger partial charge in [0.1, 0.15) is 12.4 Å². The summed E-state index contributed by atoms with van der Waals surface area (Å²) in [5.41, 5.74) is -1.19. The standard InChI is InChI=1S/C16H7Br2ClF4N2O2/c17-8-4-10-13(24-15(27)25(10)5-16(21,22)23)12(18)11(8)14(26)7-3-6(20)1-2-9(7)19/h1-4H,5H2,(H,24,27). The van der Waals surface area contributed by atoms with Gasteiger partial charge in [0.2, 0.25) is 0 Å². The van der Waals surface area contributed by atoms with Crippen LogP contribution < -0.4 is 5.69 Å². The number of nitrogens with one attached hydrogen (secondary N) is 1. The second kappa shape index (κ2) is 7.06. The molecule has 0 amide bonds. The maximum atomic E-state index is 13.5. The van der Waals surface area contributed by atoms with Gasteiger partial charge in [-0.1, -0.05) is 11.6 Å². The number of nitrogens with zero attached hydrogens (tertiary/aromatic N) is 1. The summed E-state index contributed by atoms with van der Waals surface area (Å²) in [6, 6.07) is 4.46. The number of fused-ring (bicyclic) bond motifs is 1. The third kappa shape index (κ3) is 3.83. The molecule has 1 N–H and O–H groups in total. The van der Waals surface area contributed by atoms with Crippen LogP contribution in [-0.2, 0) is 6.54 Å². The number of ketones is 1. The van der Waals surface area contributed by atoms with E-state index in [4.69, 9.17) is 11.6 Å². The normalized spacial score (nSPS) is 12.0. The number of H-pyrrole nitrogens is 1. The van der Waals surface area contributed by atoms with Crippen LogP contribution in [0.2, 0.25) is 5.02 Å². The molecule has 0 unspecified atom stereocenters. The molecule has 11 heteroatoms. The number of hydrogen-bond donors (Lipinski definition) is 1. The predicted molar refractivity (Wildman–Crippen MR) is 98.9 cm³/mol. The Labute approximate surface area is 170 Å². The van der Waals surface area contributed by atoms with E-state index in [-0.39, 0.29) is 36.1 Å². The Hall–Kier alpha value is -1.65. The number of carbonyl (C=O) groups is 1. The summed E-state index contributed by atoms with van der Waals surface area (Å²) < 4.78 is 52.4. The molecular formula is C16H7Br2ClF4N2O2. The molecule has 0 aliphatic rings. The number of aromatic amines is 1. The third-order valence-corrected chi connectivity index (χ3v) is 5.45. The first kappa shape index (κ1) is 20.1. The first-order valence-electron chi connectivity index (χ1n) is 7.16. The van der Waals surface area contributed by atoms with Gasteiger partial charge < -0.3 is 4.98 Å². The van der Waals surface area contributed by atoms with Crippen molar-refractivity contribution < 1.29 is 22.4 Å². The van der Waals surface area contributed by atoms with E-state index in [1.54, 1.807) is 0 Å². The van der Waals surface area contributed by atoms with E-state index in [1.807, 2.05) is 0 Å². The summed E-state index contributed by atoms with van der Waals surface area (Å²) in [4.78, 5) is 27.1. The maximum Gasteiger partial charge on any atom is 0.406 e. The zero-order chi connectivity index (χ0) is 20.1. The van der Waals surface area contributed by atoms with E-state index in [9.17, 15) is 27.2 Å². The lowest BCUT2D eigenvalue weighted by Gasteiger charge is -2.11. The van der Waals surface area contributed by atoms with Gasteiger partial charge in [-0.05, 0) is 56.1 Å². The van der Waals surface area contributed by atoms with Crippen LogP contribution >= 0.6 is 43.5 Å². The van der Waals surface area contributed by atoms with E-state index >= 15 is 0 Å². The topological polar surface area (TPSA) is 54.9 Å². The molecule has 3 rings (SSSR count). The van der Waals surface area contributed by atoms with E-state index in [1.165, 1.54) is 12.1 Å². The van der Waals surface area contributed by atoms with Gasteiger partial charge >= 0.3 is 11.9 Å². The summed E-state index contributed by atoms with van der Waals surface area (Å²) in [5, 5.41) is 0.00318. The van der Waals surface area contributed by atoms with Crippen molar-refractivity contribution in [3.05, 3.63) is 65.7 Å². The Morgan fingerprint density at radius 2 is 1.89 bits per heavy atom. The third-order valence-electron chi connectivity index (χ3n) is 3.70. The number of rotatable bonds is 3. The Morgan fingerprint density at radius 1 is 1.22 bits per heavy atom. The molecule has 142 valence electrons. The Bertz CT molecular complexity index is 1140. The summed E-state index contributed by atoms with van der Waals surface area (Å²) in [5.74, 6) is -1.36. The van der Waals surface area contributed by atoms with E-state index in [2.05, 4.69) is 36.8 Å². The fourth-order valence-electron chi connectivity index (χ4n) is 2.57. The van der Waals surface area contributed by atoms with Crippen LogP contribution in [0.15, 0.2) is 38.0 Å². The van der Waals surface area contributed by atoms with Gasteiger partial charge in [-0.15, -0.1) is 0 Å². The first-order valence-corrected chi connectivity index (χ1v) is 9.13. The van der Waals surface area contributed by atoms with Crippen molar-refractivity contribution in [3.8, 4) is 0 Å². The molecule has 4 nitrogen and oxygen atoms in total. The minimum atomic E-state index is -4.61. The second-order valence-electron chi connectivity index (χ2n) is 5.53. The van der Waals surface area contributed by atoms with Gasteiger partial charge in [0.05, 0.1) is 26.1 Å². The van der Waals surface area contributed by atoms with E-state index in [0.717, 1.165) is 12.1 Å². The number of aromatic nitrogens is 2. The Balaban J connectivity index is 2.23. The predicted octanol–water partition coefficient (Wildman–Crippen LogP) is 5.44. The molecule has 0 spiro atoms. The number of hydrogen-bond acceptors (Lipinski definition) is 2. The molecule has 3 aromatic rings. The van der Waals surface area contributed by atoms with Crippen molar-refractivity contribution in [1.82, 2.24) is 9.55 Å². The Morgan fingerprint density at radius 3 is 2.52 bits per heavy atom. The van der Waals surface area contributed by atoms with Crippen molar-refractivity contribution in [2.45, 2.75) is 12.7 Å². The molecule has 0 atom stereocenters. The number of halogens is 7. The molecule has 0 aliphatic heterocycles. The lowest BCUT2D eigenvalue weighted by molar-refractivity contribution is -0.140. The maximum absolute atomic E-state index is 13.5. The van der Waals surface area contributed by atoms with Crippen molar-refractivity contribution in [1.29, 1.82) is 0 Å². The minimum absolute atomic E-state index is 0.00308. The van der Waals surface area contributed by atoms with E-state index < -0.39 is 30.0 Å². The van der Waals surface area contributed by atoms with Gasteiger partial charge in [-0.3, -0.25) is 9.36 Å². The van der Waals surface area contributed by atoms with Crippen molar-refractivity contribution in [2.24, 2.45) is 0 Å². The lowest BCUT2D eigenvalue weighted by Crippen LogP contribution is -2.26. The second-order valence-corrected chi connectivity index (χ2v) is 7.58. The average molecular weight is 530 g/mol. The van der Waals surface area contributed by atoms with Gasteiger partial charge in [0.15, 0.2) is 5.78 Å². The highest BCUT2D eigenvalue weighted by atomic mass is 79.9. The quantitative estimate of drug-likeness (QED) is 0.362. The number of benzene rings is 2. The minimum Gasteiger partial charge on any atom is -0.305 e. The number of alkyl halides is 3. The van der Waals surface area contributed by atoms with Gasteiger partial charge in [0, 0.05) is 10.0 Å². The van der Waals surface area contributed by atoms with Gasteiger partial charge in [0.25, 0.3) is 0 Å².